The first-order valence-electron chi connectivity index (χ1n) is 10.2. The molecule has 6 nitrogen and oxygen atoms in total. The van der Waals surface area contributed by atoms with Crippen LogP contribution in [0.15, 0.2) is 76.5 Å². The first kappa shape index (κ1) is 20.9. The molecule has 0 aliphatic heterocycles. The van der Waals surface area contributed by atoms with Crippen LogP contribution in [-0.4, -0.2) is 26.4 Å². The van der Waals surface area contributed by atoms with Gasteiger partial charge < -0.3 is 9.73 Å². The summed E-state index contributed by atoms with van der Waals surface area (Å²) in [6, 6.07) is 19.8. The predicted molar refractivity (Wildman–Crippen MR) is 123 cm³/mol. The van der Waals surface area contributed by atoms with Crippen molar-refractivity contribution in [3.05, 3.63) is 83.6 Å². The summed E-state index contributed by atoms with van der Waals surface area (Å²) in [6.45, 7) is 4.68. The van der Waals surface area contributed by atoms with E-state index in [1.54, 1.807) is 6.26 Å². The van der Waals surface area contributed by atoms with Gasteiger partial charge in [-0.2, -0.15) is 0 Å². The lowest BCUT2D eigenvalue weighted by Crippen LogP contribution is -2.17. The molecule has 0 aliphatic rings. The number of nitrogens with zero attached hydrogens (tertiary/aromatic N) is 3. The summed E-state index contributed by atoms with van der Waals surface area (Å²) < 4.78 is 7.53. The monoisotopic (exact) mass is 432 g/mol. The maximum absolute atomic E-state index is 12.7. The number of furan rings is 1. The van der Waals surface area contributed by atoms with Crippen molar-refractivity contribution < 1.29 is 9.21 Å². The van der Waals surface area contributed by atoms with E-state index in [4.69, 9.17) is 4.42 Å². The van der Waals surface area contributed by atoms with Crippen LogP contribution in [-0.2, 0) is 17.8 Å². The minimum Gasteiger partial charge on any atom is -0.461 e. The van der Waals surface area contributed by atoms with Crippen molar-refractivity contribution in [3.8, 4) is 11.6 Å². The first-order chi connectivity index (χ1) is 15.2. The lowest BCUT2D eigenvalue weighted by molar-refractivity contribution is -0.113. The number of hydrogen-bond donors (Lipinski definition) is 1. The molecule has 1 N–H and O–H groups in total. The van der Waals surface area contributed by atoms with Gasteiger partial charge in [0.05, 0.1) is 18.6 Å². The molecule has 1 amide bonds. The highest BCUT2D eigenvalue weighted by molar-refractivity contribution is 7.99. The molecule has 0 bridgehead atoms. The molecular weight excluding hydrogens is 408 g/mol. The van der Waals surface area contributed by atoms with E-state index >= 15 is 0 Å². The fourth-order valence-corrected chi connectivity index (χ4v) is 4.14. The first-order valence-corrected chi connectivity index (χ1v) is 11.2. The topological polar surface area (TPSA) is 73.0 Å². The Morgan fingerprint density at radius 2 is 1.90 bits per heavy atom. The number of para-hydroxylation sites is 1. The quantitative estimate of drug-likeness (QED) is 0.388. The molecule has 158 valence electrons. The molecule has 0 saturated heterocycles. The van der Waals surface area contributed by atoms with Gasteiger partial charge >= 0.3 is 0 Å². The summed E-state index contributed by atoms with van der Waals surface area (Å²) in [6.07, 6.45) is 2.48. The van der Waals surface area contributed by atoms with E-state index in [0.717, 1.165) is 28.8 Å². The fourth-order valence-electron chi connectivity index (χ4n) is 3.40. The maximum atomic E-state index is 12.7. The number of anilines is 1. The number of nitrogens with one attached hydrogen (secondary N) is 1. The molecule has 0 atom stereocenters. The standard InChI is InChI=1S/C24H24N4O2S/c1-3-19-12-7-9-17(2)22(19)25-21(29)16-31-24-27-26-23(20-13-8-14-30-20)28(24)15-18-10-5-4-6-11-18/h4-14H,3,15-16H2,1-2H3,(H,25,29). The summed E-state index contributed by atoms with van der Waals surface area (Å²) >= 11 is 1.37. The van der Waals surface area contributed by atoms with Gasteiger partial charge in [0, 0.05) is 5.69 Å². The van der Waals surface area contributed by atoms with Crippen molar-refractivity contribution >= 4 is 23.4 Å². The average Bonchev–Trinajstić information content (AvgIpc) is 3.44. The molecule has 0 aliphatic carbocycles. The number of amides is 1. The molecule has 0 unspecified atom stereocenters. The second kappa shape index (κ2) is 9.66. The highest BCUT2D eigenvalue weighted by Gasteiger charge is 2.18. The molecule has 2 heterocycles. The van der Waals surface area contributed by atoms with Gasteiger partial charge in [0.1, 0.15) is 0 Å². The summed E-state index contributed by atoms with van der Waals surface area (Å²) in [4.78, 5) is 12.7. The zero-order valence-corrected chi connectivity index (χ0v) is 18.4. The molecular formula is C24H24N4O2S. The van der Waals surface area contributed by atoms with Crippen molar-refractivity contribution in [1.82, 2.24) is 14.8 Å². The normalized spacial score (nSPS) is 10.9. The molecule has 0 fully saturated rings. The third kappa shape index (κ3) is 4.88. The van der Waals surface area contributed by atoms with E-state index < -0.39 is 0 Å². The van der Waals surface area contributed by atoms with E-state index in [1.165, 1.54) is 11.8 Å². The minimum absolute atomic E-state index is 0.0668. The van der Waals surface area contributed by atoms with Crippen molar-refractivity contribution in [2.24, 2.45) is 0 Å². The van der Waals surface area contributed by atoms with E-state index in [2.05, 4.69) is 34.6 Å². The van der Waals surface area contributed by atoms with Crippen molar-refractivity contribution in [3.63, 3.8) is 0 Å². The van der Waals surface area contributed by atoms with Crippen LogP contribution in [0.2, 0.25) is 0 Å². The third-order valence-electron chi connectivity index (χ3n) is 4.98. The molecule has 2 aromatic heterocycles. The van der Waals surface area contributed by atoms with Crippen LogP contribution in [0.3, 0.4) is 0 Å². The number of thioether (sulfide) groups is 1. The van der Waals surface area contributed by atoms with Gasteiger partial charge in [-0.1, -0.05) is 67.2 Å². The number of hydrogen-bond acceptors (Lipinski definition) is 5. The Hall–Kier alpha value is -3.32. The molecule has 0 spiro atoms. The van der Waals surface area contributed by atoms with Gasteiger partial charge in [0.2, 0.25) is 11.7 Å². The largest absolute Gasteiger partial charge is 0.461 e. The SMILES string of the molecule is CCc1cccc(C)c1NC(=O)CSc1nnc(-c2ccco2)n1Cc1ccccc1. The highest BCUT2D eigenvalue weighted by Crippen LogP contribution is 2.26. The second-order valence-electron chi connectivity index (χ2n) is 7.15. The van der Waals surface area contributed by atoms with Gasteiger partial charge in [0.25, 0.3) is 0 Å². The smallest absolute Gasteiger partial charge is 0.234 e. The molecule has 2 aromatic carbocycles. The average molecular weight is 433 g/mol. The predicted octanol–water partition coefficient (Wildman–Crippen LogP) is 5.19. The Balaban J connectivity index is 1.53. The van der Waals surface area contributed by atoms with E-state index in [1.807, 2.05) is 60.0 Å². The Labute approximate surface area is 185 Å². The zero-order chi connectivity index (χ0) is 21.6. The van der Waals surface area contributed by atoms with Crippen LogP contribution in [0, 0.1) is 6.92 Å². The van der Waals surface area contributed by atoms with Gasteiger partial charge in [-0.15, -0.1) is 10.2 Å². The van der Waals surface area contributed by atoms with Crippen LogP contribution >= 0.6 is 11.8 Å². The van der Waals surface area contributed by atoms with Crippen molar-refractivity contribution in [1.29, 1.82) is 0 Å². The van der Waals surface area contributed by atoms with Crippen molar-refractivity contribution in [2.45, 2.75) is 32.0 Å². The third-order valence-corrected chi connectivity index (χ3v) is 5.95. The van der Waals surface area contributed by atoms with Gasteiger partial charge in [0.15, 0.2) is 10.9 Å². The minimum atomic E-state index is -0.0668. The number of aromatic nitrogens is 3. The van der Waals surface area contributed by atoms with Crippen LogP contribution < -0.4 is 5.32 Å². The zero-order valence-electron chi connectivity index (χ0n) is 17.5. The van der Waals surface area contributed by atoms with E-state index in [9.17, 15) is 4.79 Å². The van der Waals surface area contributed by atoms with Gasteiger partial charge in [-0.05, 0) is 42.2 Å². The van der Waals surface area contributed by atoms with Gasteiger partial charge in [-0.3, -0.25) is 9.36 Å². The summed E-state index contributed by atoms with van der Waals surface area (Å²) in [5.74, 6) is 1.46. The Kier molecular flexibility index (Phi) is 6.52. The van der Waals surface area contributed by atoms with Gasteiger partial charge in [-0.25, -0.2) is 0 Å². The Morgan fingerprint density at radius 3 is 2.65 bits per heavy atom. The summed E-state index contributed by atoms with van der Waals surface area (Å²) in [5, 5.41) is 12.4. The summed E-state index contributed by atoms with van der Waals surface area (Å²) in [5.41, 5.74) is 4.21. The number of rotatable bonds is 8. The molecule has 0 saturated carbocycles. The Morgan fingerprint density at radius 1 is 1.06 bits per heavy atom. The van der Waals surface area contributed by atoms with E-state index in [-0.39, 0.29) is 11.7 Å². The lowest BCUT2D eigenvalue weighted by atomic mass is 10.1. The number of carbonyl (C=O) groups excluding carboxylic acids is 1. The molecule has 4 rings (SSSR count). The number of carbonyl (C=O) groups is 1. The lowest BCUT2D eigenvalue weighted by Gasteiger charge is -2.13. The maximum Gasteiger partial charge on any atom is 0.234 e. The fraction of sp³-hybridized carbons (Fsp3) is 0.208. The molecule has 7 heteroatoms. The second-order valence-corrected chi connectivity index (χ2v) is 8.10. The van der Waals surface area contributed by atoms with Crippen LogP contribution in [0.1, 0.15) is 23.6 Å². The molecule has 31 heavy (non-hydrogen) atoms. The van der Waals surface area contributed by atoms with Crippen LogP contribution in [0.4, 0.5) is 5.69 Å². The number of aryl methyl sites for hydroxylation is 2. The highest BCUT2D eigenvalue weighted by atomic mass is 32.2. The summed E-state index contributed by atoms with van der Waals surface area (Å²) in [7, 11) is 0. The van der Waals surface area contributed by atoms with E-state index in [0.29, 0.717) is 23.3 Å². The Bertz CT molecular complexity index is 1150. The molecule has 0 radical (unpaired) electrons. The van der Waals surface area contributed by atoms with Crippen LogP contribution in [0.5, 0.6) is 0 Å². The number of benzene rings is 2. The molecule has 4 aromatic rings. The van der Waals surface area contributed by atoms with Crippen LogP contribution in [0.25, 0.3) is 11.6 Å². The van der Waals surface area contributed by atoms with Crippen molar-refractivity contribution in [2.75, 3.05) is 11.1 Å².